The lowest BCUT2D eigenvalue weighted by molar-refractivity contribution is -0.143. The highest BCUT2D eigenvalue weighted by Gasteiger charge is 2.39. The topological polar surface area (TPSA) is 336 Å². The predicted octanol–water partition coefficient (Wildman–Crippen LogP) is -0.732. The molecule has 1 aliphatic rings. The van der Waals surface area contributed by atoms with E-state index < -0.39 is 114 Å². The summed E-state index contributed by atoms with van der Waals surface area (Å²) in [5, 5.41) is 37.6. The third kappa shape index (κ3) is 18.6. The van der Waals surface area contributed by atoms with Gasteiger partial charge < -0.3 is 63.0 Å². The Hall–Kier alpha value is -6.85. The Morgan fingerprint density at radius 3 is 1.70 bits per heavy atom. The average molecular weight is 1030 g/mol. The first-order valence-corrected chi connectivity index (χ1v) is 25.0. The number of benzene rings is 2. The molecule has 22 nitrogen and oxygen atoms in total. The number of nitrogens with one attached hydrogen (secondary N) is 8. The SMILES string of the molecule is CC(C)C[C@H](NC(=O)[C@H](CO)NC(=O)[C@H](Cc1ccccc1)NC(=O)[C@H](C)NC(=O)[C@H](CC(C)C)NC(=O)[C@H](CS)NC(=O)[C@H](Cc1cnc[nH]1)NC(=O)[C@@H]1CCCN1C(=O)[C@@H](N)Cc1ccccc1)C(=O)O. The average Bonchev–Trinajstić information content (AvgIpc) is 4.07. The van der Waals surface area contributed by atoms with Gasteiger partial charge in [0.15, 0.2) is 0 Å². The lowest BCUT2D eigenvalue weighted by Crippen LogP contribution is -2.61. The number of carbonyl (C=O) groups excluding carboxylic acids is 8. The van der Waals surface area contributed by atoms with Crippen LogP contribution < -0.4 is 43.0 Å². The zero-order chi connectivity index (χ0) is 53.8. The normalized spacial score (nSPS) is 16.6. The third-order valence-electron chi connectivity index (χ3n) is 12.0. The van der Waals surface area contributed by atoms with Crippen LogP contribution in [0.3, 0.4) is 0 Å². The van der Waals surface area contributed by atoms with E-state index in [4.69, 9.17) is 5.73 Å². The van der Waals surface area contributed by atoms with Crippen molar-refractivity contribution in [1.82, 2.24) is 52.1 Å². The number of amides is 8. The summed E-state index contributed by atoms with van der Waals surface area (Å²) in [5.41, 5.74) is 8.28. The first kappa shape index (κ1) is 58.7. The van der Waals surface area contributed by atoms with Gasteiger partial charge in [0.05, 0.1) is 19.0 Å². The smallest absolute Gasteiger partial charge is 0.326 e. The van der Waals surface area contributed by atoms with Crippen LogP contribution in [0.15, 0.2) is 73.2 Å². The molecule has 23 heteroatoms. The van der Waals surface area contributed by atoms with Crippen LogP contribution in [0.25, 0.3) is 0 Å². The molecule has 0 bridgehead atoms. The van der Waals surface area contributed by atoms with Gasteiger partial charge in [0.25, 0.3) is 0 Å². The van der Waals surface area contributed by atoms with E-state index in [0.29, 0.717) is 30.6 Å². The Kier molecular flexibility index (Phi) is 23.3. The van der Waals surface area contributed by atoms with Crippen molar-refractivity contribution in [3.8, 4) is 0 Å². The number of nitrogens with zero attached hydrogens (tertiary/aromatic N) is 2. The molecule has 9 atom stereocenters. The predicted molar refractivity (Wildman–Crippen MR) is 272 cm³/mol. The van der Waals surface area contributed by atoms with Crippen molar-refractivity contribution in [2.75, 3.05) is 18.9 Å². The molecule has 12 N–H and O–H groups in total. The number of hydrogen-bond donors (Lipinski definition) is 12. The van der Waals surface area contributed by atoms with Crippen LogP contribution in [0.2, 0.25) is 0 Å². The first-order valence-electron chi connectivity index (χ1n) is 24.4. The molecular formula is C50H71N11O11S. The van der Waals surface area contributed by atoms with Gasteiger partial charge in [-0.1, -0.05) is 88.4 Å². The molecule has 3 aromatic rings. The first-order chi connectivity index (χ1) is 34.7. The van der Waals surface area contributed by atoms with Crippen molar-refractivity contribution >= 4 is 65.9 Å². The van der Waals surface area contributed by atoms with Crippen LogP contribution in [-0.4, -0.2) is 152 Å². The number of likely N-dealkylation sites (tertiary alicyclic amines) is 1. The van der Waals surface area contributed by atoms with E-state index in [1.54, 1.807) is 58.0 Å². The minimum atomic E-state index is -1.57. The van der Waals surface area contributed by atoms with E-state index in [1.807, 2.05) is 30.3 Å². The molecule has 1 aliphatic heterocycles. The number of H-pyrrole nitrogens is 1. The summed E-state index contributed by atoms with van der Waals surface area (Å²) >= 11 is 4.32. The lowest BCUT2D eigenvalue weighted by Gasteiger charge is -2.29. The van der Waals surface area contributed by atoms with Crippen molar-refractivity contribution in [3.63, 3.8) is 0 Å². The molecule has 2 heterocycles. The molecule has 398 valence electrons. The Bertz CT molecular complexity index is 2320. The van der Waals surface area contributed by atoms with E-state index >= 15 is 0 Å². The molecule has 73 heavy (non-hydrogen) atoms. The molecular weight excluding hydrogens is 963 g/mol. The number of carboxylic acid groups (broad SMARTS) is 1. The number of thiol groups is 1. The van der Waals surface area contributed by atoms with Crippen LogP contribution in [0, 0.1) is 11.8 Å². The summed E-state index contributed by atoms with van der Waals surface area (Å²) in [5.74, 6) is -7.77. The Morgan fingerprint density at radius 1 is 0.658 bits per heavy atom. The number of rotatable bonds is 28. The van der Waals surface area contributed by atoms with Gasteiger partial charge in [-0.15, -0.1) is 0 Å². The van der Waals surface area contributed by atoms with E-state index in [0.717, 1.165) is 5.56 Å². The van der Waals surface area contributed by atoms with Crippen LogP contribution in [0.4, 0.5) is 0 Å². The Balaban J connectivity index is 1.43. The number of nitrogens with two attached hydrogens (primary N) is 1. The van der Waals surface area contributed by atoms with Crippen molar-refractivity contribution in [3.05, 3.63) is 90.0 Å². The number of aromatic amines is 1. The van der Waals surface area contributed by atoms with E-state index in [-0.39, 0.29) is 49.7 Å². The fourth-order valence-corrected chi connectivity index (χ4v) is 8.43. The van der Waals surface area contributed by atoms with Crippen molar-refractivity contribution < 1.29 is 53.4 Å². The minimum absolute atomic E-state index is 0.0676. The number of hydrogen-bond acceptors (Lipinski definition) is 13. The molecule has 1 saturated heterocycles. The van der Waals surface area contributed by atoms with Crippen LogP contribution in [-0.2, 0) is 62.4 Å². The maximum absolute atomic E-state index is 14.0. The highest BCUT2D eigenvalue weighted by molar-refractivity contribution is 7.80. The molecule has 0 saturated carbocycles. The number of aliphatic hydroxyl groups excluding tert-OH is 1. The number of carboxylic acids is 1. The summed E-state index contributed by atoms with van der Waals surface area (Å²) in [7, 11) is 0. The van der Waals surface area contributed by atoms with Gasteiger partial charge in [0.1, 0.15) is 48.3 Å². The van der Waals surface area contributed by atoms with Crippen LogP contribution in [0.1, 0.15) is 77.1 Å². The van der Waals surface area contributed by atoms with E-state index in [2.05, 4.69) is 59.8 Å². The van der Waals surface area contributed by atoms with Crippen molar-refractivity contribution in [2.45, 2.75) is 134 Å². The summed E-state index contributed by atoms with van der Waals surface area (Å²) in [6.07, 6.45) is 4.04. The van der Waals surface area contributed by atoms with Gasteiger partial charge in [0, 0.05) is 37.0 Å². The maximum atomic E-state index is 14.0. The number of aromatic nitrogens is 2. The highest BCUT2D eigenvalue weighted by Crippen LogP contribution is 2.20. The quantitative estimate of drug-likeness (QED) is 0.0400. The summed E-state index contributed by atoms with van der Waals surface area (Å²) in [6.45, 7) is 7.91. The Labute approximate surface area is 430 Å². The Morgan fingerprint density at radius 2 is 1.15 bits per heavy atom. The van der Waals surface area contributed by atoms with Gasteiger partial charge >= 0.3 is 5.97 Å². The van der Waals surface area contributed by atoms with E-state index in [9.17, 15) is 53.4 Å². The fraction of sp³-hybridized carbons (Fsp3) is 0.520. The molecule has 8 amide bonds. The van der Waals surface area contributed by atoms with Crippen LogP contribution >= 0.6 is 12.6 Å². The molecule has 4 rings (SSSR count). The highest BCUT2D eigenvalue weighted by atomic mass is 32.1. The summed E-state index contributed by atoms with van der Waals surface area (Å²) in [4.78, 5) is 130. The molecule has 0 unspecified atom stereocenters. The van der Waals surface area contributed by atoms with E-state index in [1.165, 1.54) is 24.3 Å². The zero-order valence-electron chi connectivity index (χ0n) is 41.8. The molecule has 1 aromatic heterocycles. The maximum Gasteiger partial charge on any atom is 0.326 e. The molecule has 1 fully saturated rings. The fourth-order valence-electron chi connectivity index (χ4n) is 8.17. The second kappa shape index (κ2) is 29.0. The van der Waals surface area contributed by atoms with Gasteiger partial charge in [-0.3, -0.25) is 38.4 Å². The molecule has 0 aliphatic carbocycles. The largest absolute Gasteiger partial charge is 0.480 e. The van der Waals surface area contributed by atoms with Crippen molar-refractivity contribution in [1.29, 1.82) is 0 Å². The van der Waals surface area contributed by atoms with Gasteiger partial charge in [-0.05, 0) is 62.0 Å². The van der Waals surface area contributed by atoms with Crippen molar-refractivity contribution in [2.24, 2.45) is 17.6 Å². The van der Waals surface area contributed by atoms with Gasteiger partial charge in [-0.2, -0.15) is 12.6 Å². The minimum Gasteiger partial charge on any atom is -0.480 e. The van der Waals surface area contributed by atoms with Gasteiger partial charge in [-0.25, -0.2) is 9.78 Å². The zero-order valence-corrected chi connectivity index (χ0v) is 42.7. The number of imidazole rings is 1. The molecule has 0 spiro atoms. The lowest BCUT2D eigenvalue weighted by atomic mass is 10.0. The second-order valence-electron chi connectivity index (χ2n) is 19.0. The number of carbonyl (C=O) groups is 9. The molecule has 0 radical (unpaired) electrons. The summed E-state index contributed by atoms with van der Waals surface area (Å²) in [6, 6.07) is 6.68. The number of aliphatic hydroxyl groups is 1. The van der Waals surface area contributed by atoms with Crippen LogP contribution in [0.5, 0.6) is 0 Å². The summed E-state index contributed by atoms with van der Waals surface area (Å²) < 4.78 is 0. The third-order valence-corrected chi connectivity index (χ3v) is 12.4. The number of aliphatic carboxylic acids is 1. The molecule has 2 aromatic carbocycles. The van der Waals surface area contributed by atoms with Gasteiger partial charge in [0.2, 0.25) is 47.3 Å². The second-order valence-corrected chi connectivity index (χ2v) is 19.4. The monoisotopic (exact) mass is 1030 g/mol. The standard InChI is InChI=1S/C50H71N11O11S/c1-28(2)19-35(43(64)54-30(5)42(63)55-36(22-32-15-10-7-11-16-32)44(65)59-39(25-62)46(67)58-38(50(71)72)20-29(3)4)56-47(68)40(26-73)60-45(66)37(23-33-24-52-27-53-33)57-48(69)41-17-12-18-61(41)49(70)34(51)21-31-13-8-6-9-14-31/h6-11,13-16,24,27-30,34-41,62,73H,12,17-23,25-26,51H2,1-5H3,(H,52,53)(H,54,64)(H,55,63)(H,56,68)(H,57,69)(H,58,67)(H,59,65)(H,60,66)(H,71,72)/t30-,34-,35-,36-,37-,38-,39-,40-,41-/m0/s1.